The van der Waals surface area contributed by atoms with E-state index in [2.05, 4.69) is 29.6 Å². The fourth-order valence-corrected chi connectivity index (χ4v) is 1.89. The minimum atomic E-state index is -0.284. The van der Waals surface area contributed by atoms with Gasteiger partial charge in [0.2, 0.25) is 0 Å². The third-order valence-electron chi connectivity index (χ3n) is 3.24. The third-order valence-corrected chi connectivity index (χ3v) is 3.24. The van der Waals surface area contributed by atoms with Gasteiger partial charge in [0.15, 0.2) is 6.61 Å². The topological polar surface area (TPSA) is 50.7 Å². The fourth-order valence-electron chi connectivity index (χ4n) is 1.89. The second-order valence-electron chi connectivity index (χ2n) is 4.88. The van der Waals surface area contributed by atoms with E-state index in [1.807, 2.05) is 37.3 Å². The van der Waals surface area contributed by atoms with Crippen molar-refractivity contribution in [3.63, 3.8) is 0 Å². The van der Waals surface area contributed by atoms with Crippen LogP contribution in [0.4, 0.5) is 0 Å². The zero-order valence-electron chi connectivity index (χ0n) is 12.9. The van der Waals surface area contributed by atoms with Crippen LogP contribution in [0.3, 0.4) is 0 Å². The first-order valence-electron chi connectivity index (χ1n) is 7.29. The molecule has 0 saturated carbocycles. The van der Waals surface area contributed by atoms with Crippen LogP contribution in [0.1, 0.15) is 25.0 Å². The summed E-state index contributed by atoms with van der Waals surface area (Å²) in [7, 11) is 0. The van der Waals surface area contributed by atoms with Crippen LogP contribution in [0.5, 0.6) is 5.75 Å². The number of hydrogen-bond donors (Lipinski definition) is 1. The van der Waals surface area contributed by atoms with E-state index in [-0.39, 0.29) is 12.5 Å². The van der Waals surface area contributed by atoms with Crippen molar-refractivity contribution >= 4 is 11.6 Å². The van der Waals surface area contributed by atoms with E-state index in [0.717, 1.165) is 17.7 Å². The number of aryl methyl sites for hydroxylation is 1. The normalized spacial score (nSPS) is 11.1. The molecule has 1 N–H and O–H groups in total. The molecule has 4 nitrogen and oxygen atoms in total. The van der Waals surface area contributed by atoms with Crippen LogP contribution < -0.4 is 10.2 Å². The summed E-state index contributed by atoms with van der Waals surface area (Å²) in [5, 5.41) is 4.10. The molecule has 22 heavy (non-hydrogen) atoms. The Morgan fingerprint density at radius 2 is 1.77 bits per heavy atom. The van der Waals surface area contributed by atoms with Gasteiger partial charge in [-0.25, -0.2) is 5.43 Å². The minimum absolute atomic E-state index is 0.0600. The molecule has 2 aromatic rings. The van der Waals surface area contributed by atoms with Crippen molar-refractivity contribution in [1.29, 1.82) is 0 Å². The summed E-state index contributed by atoms with van der Waals surface area (Å²) >= 11 is 0. The van der Waals surface area contributed by atoms with E-state index in [1.165, 1.54) is 5.56 Å². The molecule has 0 aromatic heterocycles. The number of ether oxygens (including phenoxy) is 1. The largest absolute Gasteiger partial charge is 0.484 e. The van der Waals surface area contributed by atoms with Gasteiger partial charge in [0.25, 0.3) is 5.91 Å². The molecule has 0 radical (unpaired) electrons. The van der Waals surface area contributed by atoms with Crippen molar-refractivity contribution < 1.29 is 9.53 Å². The first-order valence-corrected chi connectivity index (χ1v) is 7.29. The van der Waals surface area contributed by atoms with Crippen molar-refractivity contribution in [2.24, 2.45) is 5.10 Å². The maximum absolute atomic E-state index is 11.7. The number of hydrogen-bond acceptors (Lipinski definition) is 3. The lowest BCUT2D eigenvalue weighted by molar-refractivity contribution is -0.123. The van der Waals surface area contributed by atoms with Gasteiger partial charge in [-0.1, -0.05) is 49.4 Å². The van der Waals surface area contributed by atoms with E-state index < -0.39 is 0 Å². The molecular weight excluding hydrogens is 276 g/mol. The fraction of sp³-hybridized carbons (Fsp3) is 0.222. The molecular formula is C18H20N2O2. The van der Waals surface area contributed by atoms with Crippen LogP contribution in [0.2, 0.25) is 0 Å². The number of carbonyl (C=O) groups is 1. The van der Waals surface area contributed by atoms with Crippen LogP contribution in [0.25, 0.3) is 0 Å². The predicted molar refractivity (Wildman–Crippen MR) is 88.1 cm³/mol. The lowest BCUT2D eigenvalue weighted by atomic mass is 10.1. The van der Waals surface area contributed by atoms with Crippen molar-refractivity contribution in [3.8, 4) is 5.75 Å². The van der Waals surface area contributed by atoms with Crippen LogP contribution in [0, 0.1) is 0 Å². The van der Waals surface area contributed by atoms with Gasteiger partial charge in [0.1, 0.15) is 5.75 Å². The highest BCUT2D eigenvalue weighted by Gasteiger charge is 2.03. The molecule has 0 saturated heterocycles. The number of amides is 1. The molecule has 0 unspecified atom stereocenters. The Morgan fingerprint density at radius 1 is 1.09 bits per heavy atom. The minimum Gasteiger partial charge on any atom is -0.484 e. The summed E-state index contributed by atoms with van der Waals surface area (Å²) in [5.74, 6) is 0.377. The Kier molecular flexibility index (Phi) is 5.72. The maximum atomic E-state index is 11.7. The Hall–Kier alpha value is -2.62. The quantitative estimate of drug-likeness (QED) is 0.657. The van der Waals surface area contributed by atoms with E-state index in [1.54, 1.807) is 12.1 Å². The lowest BCUT2D eigenvalue weighted by Crippen LogP contribution is -2.25. The molecule has 0 aliphatic heterocycles. The summed E-state index contributed by atoms with van der Waals surface area (Å²) < 4.78 is 5.35. The van der Waals surface area contributed by atoms with E-state index in [0.29, 0.717) is 5.75 Å². The van der Waals surface area contributed by atoms with E-state index >= 15 is 0 Å². The van der Waals surface area contributed by atoms with Gasteiger partial charge in [-0.2, -0.15) is 5.10 Å². The SMILES string of the molecule is CCc1ccc(C(C)=NNC(=O)COc2ccccc2)cc1. The highest BCUT2D eigenvalue weighted by Crippen LogP contribution is 2.08. The Labute approximate surface area is 130 Å². The van der Waals surface area contributed by atoms with Gasteiger partial charge in [-0.05, 0) is 36.6 Å². The molecule has 0 heterocycles. The molecule has 0 aliphatic rings. The molecule has 114 valence electrons. The molecule has 2 aromatic carbocycles. The van der Waals surface area contributed by atoms with E-state index in [4.69, 9.17) is 4.74 Å². The molecule has 0 fully saturated rings. The number of hydrazone groups is 1. The zero-order chi connectivity index (χ0) is 15.8. The second kappa shape index (κ2) is 7.98. The van der Waals surface area contributed by atoms with Gasteiger partial charge in [-0.15, -0.1) is 0 Å². The average Bonchev–Trinajstić information content (AvgIpc) is 2.58. The third kappa shape index (κ3) is 4.74. The number of para-hydroxylation sites is 1. The molecule has 0 spiro atoms. The molecule has 0 atom stereocenters. The van der Waals surface area contributed by atoms with Crippen molar-refractivity contribution in [3.05, 3.63) is 65.7 Å². The van der Waals surface area contributed by atoms with Gasteiger partial charge < -0.3 is 4.74 Å². The van der Waals surface area contributed by atoms with Crippen LogP contribution in [-0.2, 0) is 11.2 Å². The molecule has 0 bridgehead atoms. The lowest BCUT2D eigenvalue weighted by Gasteiger charge is -2.06. The van der Waals surface area contributed by atoms with Crippen molar-refractivity contribution in [1.82, 2.24) is 5.43 Å². The first-order chi connectivity index (χ1) is 10.7. The predicted octanol–water partition coefficient (Wildman–Crippen LogP) is 3.17. The van der Waals surface area contributed by atoms with Crippen LogP contribution in [-0.4, -0.2) is 18.2 Å². The Morgan fingerprint density at radius 3 is 2.41 bits per heavy atom. The highest BCUT2D eigenvalue weighted by molar-refractivity contribution is 5.99. The smallest absolute Gasteiger partial charge is 0.277 e. The first kappa shape index (κ1) is 15.8. The Bertz CT molecular complexity index is 634. The molecule has 0 aliphatic carbocycles. The highest BCUT2D eigenvalue weighted by atomic mass is 16.5. The van der Waals surface area contributed by atoms with Gasteiger partial charge in [-0.3, -0.25) is 4.79 Å². The number of benzene rings is 2. The van der Waals surface area contributed by atoms with Gasteiger partial charge in [0.05, 0.1) is 5.71 Å². The second-order valence-corrected chi connectivity index (χ2v) is 4.88. The summed E-state index contributed by atoms with van der Waals surface area (Å²) in [6.45, 7) is 3.91. The average molecular weight is 296 g/mol. The number of carbonyl (C=O) groups excluding carboxylic acids is 1. The van der Waals surface area contributed by atoms with Crippen LogP contribution >= 0.6 is 0 Å². The van der Waals surface area contributed by atoms with Crippen molar-refractivity contribution in [2.75, 3.05) is 6.61 Å². The van der Waals surface area contributed by atoms with Gasteiger partial charge >= 0.3 is 0 Å². The molecule has 1 amide bonds. The Balaban J connectivity index is 1.85. The van der Waals surface area contributed by atoms with Crippen LogP contribution in [0.15, 0.2) is 59.7 Å². The number of nitrogens with one attached hydrogen (secondary N) is 1. The van der Waals surface area contributed by atoms with Crippen molar-refractivity contribution in [2.45, 2.75) is 20.3 Å². The number of rotatable bonds is 6. The molecule has 4 heteroatoms. The summed E-state index contributed by atoms with van der Waals surface area (Å²) in [5.41, 5.74) is 5.53. The maximum Gasteiger partial charge on any atom is 0.277 e. The molecule has 2 rings (SSSR count). The monoisotopic (exact) mass is 296 g/mol. The standard InChI is InChI=1S/C18H20N2O2/c1-3-15-9-11-16(12-10-15)14(2)19-20-18(21)13-22-17-7-5-4-6-8-17/h4-12H,3,13H2,1-2H3,(H,20,21). The zero-order valence-corrected chi connectivity index (χ0v) is 12.9. The van der Waals surface area contributed by atoms with E-state index in [9.17, 15) is 4.79 Å². The van der Waals surface area contributed by atoms with Gasteiger partial charge in [0, 0.05) is 0 Å². The summed E-state index contributed by atoms with van der Waals surface area (Å²) in [6.07, 6.45) is 1.00. The number of nitrogens with zero attached hydrogens (tertiary/aromatic N) is 1. The summed E-state index contributed by atoms with van der Waals surface area (Å²) in [4.78, 5) is 11.7. The summed E-state index contributed by atoms with van der Waals surface area (Å²) in [6, 6.07) is 17.3.